The molecule has 0 heterocycles. The fraction of sp³-hybridized carbons (Fsp3) is 0.143. The monoisotopic (exact) mass is 250 g/mol. The number of hydrogen-bond donors (Lipinski definition) is 3. The first-order valence-electron chi connectivity index (χ1n) is 3.84. The maximum atomic E-state index is 10.9. The van der Waals surface area contributed by atoms with Crippen molar-refractivity contribution in [3.63, 3.8) is 0 Å². The van der Waals surface area contributed by atoms with Crippen LogP contribution in [0.25, 0.3) is 0 Å². The van der Waals surface area contributed by atoms with Crippen molar-refractivity contribution >= 4 is 26.8 Å². The normalized spacial score (nSPS) is 13.5. The molecule has 0 aromatic heterocycles. The summed E-state index contributed by atoms with van der Waals surface area (Å²) in [5.74, 6) is -0.116. The quantitative estimate of drug-likeness (QED) is 0.648. The van der Waals surface area contributed by atoms with E-state index in [0.29, 0.717) is 5.69 Å². The second-order valence-electron chi connectivity index (χ2n) is 2.71. The predicted octanol–water partition coefficient (Wildman–Crippen LogP) is -0.0749. The van der Waals surface area contributed by atoms with Crippen LogP contribution in [-0.2, 0) is 21.1 Å². The molecule has 0 aliphatic heterocycles. The molecule has 6 nitrogen and oxygen atoms in total. The van der Waals surface area contributed by atoms with Gasteiger partial charge >= 0.3 is 0 Å². The Bertz CT molecular complexity index is 454. The summed E-state index contributed by atoms with van der Waals surface area (Å²) in [5, 5.41) is 7.53. The molecule has 0 spiro atoms. The summed E-state index contributed by atoms with van der Waals surface area (Å²) >= 11 is -1.94. The van der Waals surface area contributed by atoms with E-state index in [9.17, 15) is 12.6 Å². The highest BCUT2D eigenvalue weighted by Gasteiger charge is 2.06. The minimum Gasteiger partial charge on any atom is -0.372 e. The molecule has 84 valence electrons. The molecular formula is C7H10N2O4S2. The van der Waals surface area contributed by atoms with Gasteiger partial charge in [-0.15, -0.1) is 0 Å². The van der Waals surface area contributed by atoms with Gasteiger partial charge in [-0.2, -0.15) is 0 Å². The number of sulfonamides is 1. The molecule has 0 amide bonds. The van der Waals surface area contributed by atoms with Gasteiger partial charge in [0.05, 0.1) is 4.90 Å². The largest absolute Gasteiger partial charge is 0.372 e. The van der Waals surface area contributed by atoms with Crippen LogP contribution in [0.15, 0.2) is 29.2 Å². The smallest absolute Gasteiger partial charge is 0.238 e. The first-order chi connectivity index (χ1) is 6.89. The molecule has 1 aromatic carbocycles. The van der Waals surface area contributed by atoms with E-state index in [1.807, 2.05) is 0 Å². The molecule has 1 aromatic rings. The highest BCUT2D eigenvalue weighted by Crippen LogP contribution is 2.12. The van der Waals surface area contributed by atoms with Crippen LogP contribution in [0.3, 0.4) is 0 Å². The zero-order chi connectivity index (χ0) is 11.5. The van der Waals surface area contributed by atoms with E-state index < -0.39 is 21.1 Å². The number of primary sulfonamides is 1. The third-order valence-corrected chi connectivity index (χ3v) is 2.90. The Morgan fingerprint density at radius 2 is 1.87 bits per heavy atom. The van der Waals surface area contributed by atoms with E-state index in [2.05, 4.69) is 5.32 Å². The second kappa shape index (κ2) is 4.71. The van der Waals surface area contributed by atoms with Gasteiger partial charge in [-0.3, -0.25) is 0 Å². The SMILES string of the molecule is NS(=O)(=O)c1ccc(NCS(=O)O)cc1. The van der Waals surface area contributed by atoms with Crippen molar-refractivity contribution in [2.45, 2.75) is 4.90 Å². The van der Waals surface area contributed by atoms with Crippen LogP contribution in [0, 0.1) is 0 Å². The summed E-state index contributed by atoms with van der Waals surface area (Å²) in [6.45, 7) is 0. The van der Waals surface area contributed by atoms with E-state index in [-0.39, 0.29) is 10.8 Å². The molecule has 0 aliphatic rings. The molecule has 0 bridgehead atoms. The number of anilines is 1. The molecule has 0 aliphatic carbocycles. The van der Waals surface area contributed by atoms with E-state index in [1.54, 1.807) is 0 Å². The van der Waals surface area contributed by atoms with Crippen LogP contribution in [-0.4, -0.2) is 23.1 Å². The van der Waals surface area contributed by atoms with Gasteiger partial charge in [0.1, 0.15) is 5.88 Å². The van der Waals surface area contributed by atoms with E-state index in [0.717, 1.165) is 0 Å². The Hall–Kier alpha value is -0.960. The number of nitrogens with one attached hydrogen (secondary N) is 1. The summed E-state index contributed by atoms with van der Waals surface area (Å²) in [4.78, 5) is -0.00169. The molecule has 1 unspecified atom stereocenters. The van der Waals surface area contributed by atoms with E-state index in [1.165, 1.54) is 24.3 Å². The van der Waals surface area contributed by atoms with Crippen molar-refractivity contribution in [3.05, 3.63) is 24.3 Å². The lowest BCUT2D eigenvalue weighted by Gasteiger charge is -2.04. The zero-order valence-electron chi connectivity index (χ0n) is 7.58. The predicted molar refractivity (Wildman–Crippen MR) is 57.1 cm³/mol. The van der Waals surface area contributed by atoms with Crippen LogP contribution in [0.5, 0.6) is 0 Å². The van der Waals surface area contributed by atoms with Crippen LogP contribution >= 0.6 is 0 Å². The Balaban J connectivity index is 2.77. The maximum absolute atomic E-state index is 10.9. The highest BCUT2D eigenvalue weighted by atomic mass is 32.2. The number of hydrogen-bond acceptors (Lipinski definition) is 4. The van der Waals surface area contributed by atoms with Crippen molar-refractivity contribution in [1.82, 2.24) is 0 Å². The van der Waals surface area contributed by atoms with Gasteiger partial charge in [0.25, 0.3) is 0 Å². The van der Waals surface area contributed by atoms with Crippen LogP contribution < -0.4 is 10.5 Å². The fourth-order valence-corrected chi connectivity index (χ4v) is 1.71. The minimum atomic E-state index is -3.69. The molecule has 8 heteroatoms. The van der Waals surface area contributed by atoms with Crippen molar-refractivity contribution in [3.8, 4) is 0 Å². The van der Waals surface area contributed by atoms with Crippen molar-refractivity contribution in [2.24, 2.45) is 5.14 Å². The minimum absolute atomic E-state index is 0.00169. The molecule has 0 fully saturated rings. The van der Waals surface area contributed by atoms with Gasteiger partial charge < -0.3 is 9.87 Å². The zero-order valence-corrected chi connectivity index (χ0v) is 9.22. The standard InChI is InChI=1S/C7H10N2O4S2/c8-15(12,13)7-3-1-6(2-4-7)9-5-14(10)11/h1-4,9H,5H2,(H,10,11)(H2,8,12,13). The lowest BCUT2D eigenvalue weighted by Crippen LogP contribution is -2.12. The molecule has 15 heavy (non-hydrogen) atoms. The Morgan fingerprint density at radius 3 is 2.27 bits per heavy atom. The fourth-order valence-electron chi connectivity index (χ4n) is 0.908. The van der Waals surface area contributed by atoms with Crippen LogP contribution in [0.4, 0.5) is 5.69 Å². The topological polar surface area (TPSA) is 109 Å². The summed E-state index contributed by atoms with van der Waals surface area (Å²) in [5.41, 5.74) is 0.546. The first-order valence-corrected chi connectivity index (χ1v) is 6.66. The van der Waals surface area contributed by atoms with Crippen LogP contribution in [0.2, 0.25) is 0 Å². The Morgan fingerprint density at radius 1 is 1.33 bits per heavy atom. The lowest BCUT2D eigenvalue weighted by molar-refractivity contribution is 0.566. The molecule has 1 atom stereocenters. The summed E-state index contributed by atoms with van der Waals surface area (Å²) in [7, 11) is -3.69. The average Bonchev–Trinajstić information content (AvgIpc) is 2.14. The average molecular weight is 250 g/mol. The maximum Gasteiger partial charge on any atom is 0.238 e. The van der Waals surface area contributed by atoms with Crippen molar-refractivity contribution in [1.29, 1.82) is 0 Å². The van der Waals surface area contributed by atoms with E-state index in [4.69, 9.17) is 9.69 Å². The molecule has 0 saturated heterocycles. The molecule has 0 saturated carbocycles. The number of rotatable bonds is 4. The Kier molecular flexibility index (Phi) is 3.80. The summed E-state index contributed by atoms with van der Waals surface area (Å²) < 4.78 is 40.6. The molecule has 1 rings (SSSR count). The molecule has 4 N–H and O–H groups in total. The van der Waals surface area contributed by atoms with Gasteiger partial charge in [-0.25, -0.2) is 17.8 Å². The summed E-state index contributed by atoms with van der Waals surface area (Å²) in [6.07, 6.45) is 0. The number of nitrogens with two attached hydrogens (primary N) is 1. The molecular weight excluding hydrogens is 240 g/mol. The van der Waals surface area contributed by atoms with Gasteiger partial charge in [-0.05, 0) is 24.3 Å². The lowest BCUT2D eigenvalue weighted by atomic mass is 10.3. The van der Waals surface area contributed by atoms with Crippen LogP contribution in [0.1, 0.15) is 0 Å². The van der Waals surface area contributed by atoms with E-state index >= 15 is 0 Å². The first kappa shape index (κ1) is 12.1. The van der Waals surface area contributed by atoms with Crippen molar-refractivity contribution < 1.29 is 17.2 Å². The Labute approximate surface area is 89.8 Å². The second-order valence-corrected chi connectivity index (χ2v) is 5.21. The third kappa shape index (κ3) is 3.96. The van der Waals surface area contributed by atoms with Gasteiger partial charge in [0, 0.05) is 5.69 Å². The molecule has 0 radical (unpaired) electrons. The van der Waals surface area contributed by atoms with Gasteiger partial charge in [0.15, 0.2) is 11.1 Å². The number of benzene rings is 1. The van der Waals surface area contributed by atoms with Gasteiger partial charge in [0.2, 0.25) is 10.0 Å². The van der Waals surface area contributed by atoms with Crippen molar-refractivity contribution in [2.75, 3.05) is 11.2 Å². The van der Waals surface area contributed by atoms with Gasteiger partial charge in [-0.1, -0.05) is 0 Å². The highest BCUT2D eigenvalue weighted by molar-refractivity contribution is 7.89. The summed E-state index contributed by atoms with van der Waals surface area (Å²) in [6, 6.07) is 5.56. The third-order valence-electron chi connectivity index (χ3n) is 1.58.